The first kappa shape index (κ1) is 17.0. The molecule has 0 radical (unpaired) electrons. The quantitative estimate of drug-likeness (QED) is 0.742. The van der Waals surface area contributed by atoms with E-state index in [-0.39, 0.29) is 17.9 Å². The largest absolute Gasteiger partial charge is 0.497 e. The summed E-state index contributed by atoms with van der Waals surface area (Å²) >= 11 is 0. The number of carbonyl (C=O) groups is 2. The van der Waals surface area contributed by atoms with Crippen molar-refractivity contribution in [1.29, 1.82) is 0 Å². The summed E-state index contributed by atoms with van der Waals surface area (Å²) in [4.78, 5) is 26.6. The lowest BCUT2D eigenvalue weighted by Gasteiger charge is -2.23. The zero-order valence-electron chi connectivity index (χ0n) is 14.2. The normalized spacial score (nSPS) is 19.7. The molecule has 1 aliphatic heterocycles. The molecule has 0 spiro atoms. The van der Waals surface area contributed by atoms with Crippen molar-refractivity contribution in [2.75, 3.05) is 20.7 Å². The number of H-pyrrole nitrogens is 1. The van der Waals surface area contributed by atoms with E-state index in [1.54, 1.807) is 14.2 Å². The van der Waals surface area contributed by atoms with E-state index in [1.807, 2.05) is 24.3 Å². The highest BCUT2D eigenvalue weighted by Crippen LogP contribution is 2.28. The molecule has 0 saturated carbocycles. The van der Waals surface area contributed by atoms with Crippen molar-refractivity contribution in [3.05, 3.63) is 36.0 Å². The Hall–Kier alpha value is -2.87. The van der Waals surface area contributed by atoms with Crippen LogP contribution in [0.25, 0.3) is 11.3 Å². The Labute approximate surface area is 145 Å². The van der Waals surface area contributed by atoms with Crippen LogP contribution in [0.3, 0.4) is 0 Å². The van der Waals surface area contributed by atoms with Gasteiger partial charge in [0.05, 0.1) is 24.6 Å². The van der Waals surface area contributed by atoms with Gasteiger partial charge in [0.2, 0.25) is 5.91 Å². The van der Waals surface area contributed by atoms with Crippen LogP contribution in [0.4, 0.5) is 0 Å². The number of benzene rings is 1. The molecule has 25 heavy (non-hydrogen) atoms. The number of aromatic nitrogens is 2. The lowest BCUT2D eigenvalue weighted by atomic mass is 10.1. The van der Waals surface area contributed by atoms with Crippen LogP contribution in [0.5, 0.6) is 5.75 Å². The van der Waals surface area contributed by atoms with Crippen molar-refractivity contribution >= 4 is 11.8 Å². The number of hydrogen-bond donors (Lipinski definition) is 3. The summed E-state index contributed by atoms with van der Waals surface area (Å²) in [5.41, 5.74) is 7.73. The highest BCUT2D eigenvalue weighted by atomic mass is 16.5. The van der Waals surface area contributed by atoms with Crippen LogP contribution >= 0.6 is 0 Å². The van der Waals surface area contributed by atoms with Crippen LogP contribution in [0.2, 0.25) is 0 Å². The molecule has 8 nitrogen and oxygen atoms in total. The first-order valence-corrected chi connectivity index (χ1v) is 8.01. The Morgan fingerprint density at radius 1 is 1.44 bits per heavy atom. The fourth-order valence-electron chi connectivity index (χ4n) is 3.11. The predicted octanol–water partition coefficient (Wildman–Crippen LogP) is 0.373. The van der Waals surface area contributed by atoms with Crippen LogP contribution in [0.15, 0.2) is 30.5 Å². The van der Waals surface area contributed by atoms with E-state index in [0.29, 0.717) is 30.0 Å². The Morgan fingerprint density at radius 2 is 2.24 bits per heavy atom. The van der Waals surface area contributed by atoms with Gasteiger partial charge in [-0.2, -0.15) is 5.10 Å². The fourth-order valence-corrected chi connectivity index (χ4v) is 3.11. The van der Waals surface area contributed by atoms with Gasteiger partial charge in [-0.15, -0.1) is 0 Å². The molecule has 1 saturated heterocycles. The highest BCUT2D eigenvalue weighted by Gasteiger charge is 2.39. The number of aromatic amines is 1. The summed E-state index contributed by atoms with van der Waals surface area (Å²) in [6.45, 7) is 0.333. The molecule has 132 valence electrons. The Bertz CT molecular complexity index is 788. The van der Waals surface area contributed by atoms with E-state index in [0.717, 1.165) is 5.56 Å². The third kappa shape index (κ3) is 3.20. The maximum Gasteiger partial charge on any atom is 0.258 e. The molecule has 0 aliphatic carbocycles. The zero-order chi connectivity index (χ0) is 18.0. The minimum Gasteiger partial charge on any atom is -0.497 e. The van der Waals surface area contributed by atoms with E-state index in [9.17, 15) is 9.59 Å². The molecule has 0 unspecified atom stereocenters. The molecule has 1 aromatic heterocycles. The third-order valence-corrected chi connectivity index (χ3v) is 4.37. The van der Waals surface area contributed by atoms with E-state index in [1.165, 1.54) is 11.1 Å². The molecule has 4 N–H and O–H groups in total. The topological polar surface area (TPSA) is 113 Å². The number of hydrogen-bond acceptors (Lipinski definition) is 5. The van der Waals surface area contributed by atoms with Crippen LogP contribution in [0.1, 0.15) is 16.8 Å². The fraction of sp³-hybridized carbons (Fsp3) is 0.353. The second kappa shape index (κ2) is 6.94. The molecular weight excluding hydrogens is 322 g/mol. The monoisotopic (exact) mass is 343 g/mol. The molecule has 1 aromatic carbocycles. The second-order valence-electron chi connectivity index (χ2n) is 5.97. The summed E-state index contributed by atoms with van der Waals surface area (Å²) in [5.74, 6) is 0.192. The number of nitrogens with zero attached hydrogens (tertiary/aromatic N) is 2. The van der Waals surface area contributed by atoms with Gasteiger partial charge in [0.25, 0.3) is 5.91 Å². The summed E-state index contributed by atoms with van der Waals surface area (Å²) in [6, 6.07) is 6.54. The zero-order valence-corrected chi connectivity index (χ0v) is 14.2. The smallest absolute Gasteiger partial charge is 0.258 e. The van der Waals surface area contributed by atoms with E-state index < -0.39 is 6.04 Å². The standard InChI is InChI=1S/C17H21N5O3/c1-19-16(23)14-7-11(18)9-22(14)17(24)13-8-20-21-15(13)10-4-3-5-12(6-10)25-2/h3-6,8,11,14H,7,9,18H2,1-2H3,(H,19,23)(H,20,21)/t11-,14-/m0/s1. The molecule has 1 aliphatic rings. The average molecular weight is 343 g/mol. The Balaban J connectivity index is 1.93. The number of nitrogens with one attached hydrogen (secondary N) is 2. The highest BCUT2D eigenvalue weighted by molar-refractivity contribution is 6.02. The maximum atomic E-state index is 13.0. The molecular formula is C17H21N5O3. The minimum absolute atomic E-state index is 0.215. The molecule has 2 heterocycles. The molecule has 3 rings (SSSR count). The first-order chi connectivity index (χ1) is 12.0. The Kier molecular flexibility index (Phi) is 4.71. The van der Waals surface area contributed by atoms with Crippen molar-refractivity contribution < 1.29 is 14.3 Å². The summed E-state index contributed by atoms with van der Waals surface area (Å²) < 4.78 is 5.23. The van der Waals surface area contributed by atoms with E-state index in [2.05, 4.69) is 15.5 Å². The van der Waals surface area contributed by atoms with Crippen LogP contribution in [0, 0.1) is 0 Å². The molecule has 0 bridgehead atoms. The van der Waals surface area contributed by atoms with Crippen LogP contribution < -0.4 is 15.8 Å². The number of amides is 2. The maximum absolute atomic E-state index is 13.0. The number of likely N-dealkylation sites (tertiary alicyclic amines) is 1. The van der Waals surface area contributed by atoms with Gasteiger partial charge < -0.3 is 20.7 Å². The average Bonchev–Trinajstić information content (AvgIpc) is 3.27. The summed E-state index contributed by atoms with van der Waals surface area (Å²) in [5, 5.41) is 9.46. The third-order valence-electron chi connectivity index (χ3n) is 4.37. The van der Waals surface area contributed by atoms with Gasteiger partial charge in [0, 0.05) is 25.2 Å². The van der Waals surface area contributed by atoms with Crippen molar-refractivity contribution in [2.45, 2.75) is 18.5 Å². The van der Waals surface area contributed by atoms with E-state index in [4.69, 9.17) is 10.5 Å². The lowest BCUT2D eigenvalue weighted by Crippen LogP contribution is -2.45. The van der Waals surface area contributed by atoms with Gasteiger partial charge >= 0.3 is 0 Å². The molecule has 2 atom stereocenters. The van der Waals surface area contributed by atoms with Crippen molar-refractivity contribution in [3.63, 3.8) is 0 Å². The van der Waals surface area contributed by atoms with Gasteiger partial charge in [0.15, 0.2) is 0 Å². The predicted molar refractivity (Wildman–Crippen MR) is 92.1 cm³/mol. The SMILES string of the molecule is CNC(=O)[C@@H]1C[C@H](N)CN1C(=O)c1cn[nH]c1-c1cccc(OC)c1. The summed E-state index contributed by atoms with van der Waals surface area (Å²) in [6.07, 6.45) is 1.92. The number of ether oxygens (including phenoxy) is 1. The minimum atomic E-state index is -0.569. The van der Waals surface area contributed by atoms with Gasteiger partial charge in [-0.1, -0.05) is 12.1 Å². The number of methoxy groups -OCH3 is 1. The second-order valence-corrected chi connectivity index (χ2v) is 5.97. The molecule has 8 heteroatoms. The van der Waals surface area contributed by atoms with Crippen LogP contribution in [-0.4, -0.2) is 59.7 Å². The van der Waals surface area contributed by atoms with Gasteiger partial charge in [-0.05, 0) is 18.6 Å². The van der Waals surface area contributed by atoms with Crippen LogP contribution in [-0.2, 0) is 4.79 Å². The molecule has 2 aromatic rings. The van der Waals surface area contributed by atoms with Crippen molar-refractivity contribution in [1.82, 2.24) is 20.4 Å². The van der Waals surface area contributed by atoms with Crippen molar-refractivity contribution in [2.24, 2.45) is 5.73 Å². The number of likely N-dealkylation sites (N-methyl/N-ethyl adjacent to an activating group) is 1. The lowest BCUT2D eigenvalue weighted by molar-refractivity contribution is -0.124. The van der Waals surface area contributed by atoms with E-state index >= 15 is 0 Å². The molecule has 1 fully saturated rings. The number of carbonyl (C=O) groups excluding carboxylic acids is 2. The number of rotatable bonds is 4. The number of nitrogens with two attached hydrogens (primary N) is 1. The first-order valence-electron chi connectivity index (χ1n) is 8.01. The summed E-state index contributed by atoms with van der Waals surface area (Å²) in [7, 11) is 3.13. The molecule has 2 amide bonds. The van der Waals surface area contributed by atoms with Crippen molar-refractivity contribution in [3.8, 4) is 17.0 Å². The van der Waals surface area contributed by atoms with Gasteiger partial charge in [-0.25, -0.2) is 0 Å². The van der Waals surface area contributed by atoms with Gasteiger partial charge in [-0.3, -0.25) is 14.7 Å². The Morgan fingerprint density at radius 3 is 2.96 bits per heavy atom. The van der Waals surface area contributed by atoms with Gasteiger partial charge in [0.1, 0.15) is 11.8 Å².